The van der Waals surface area contributed by atoms with E-state index in [1.807, 2.05) is 0 Å². The molecule has 7 heterocycles. The summed E-state index contributed by atoms with van der Waals surface area (Å²) < 4.78 is 23.0. The molecule has 8 atom stereocenters. The molecule has 5 saturated heterocycles. The molecule has 7 aliphatic heterocycles. The number of nitrogens with zero attached hydrogens (tertiary/aromatic N) is 2. The topological polar surface area (TPSA) is 152 Å². The highest BCUT2D eigenvalue weighted by atomic mass is 33.7. The summed E-state index contributed by atoms with van der Waals surface area (Å²) in [5.41, 5.74) is 1.80. The van der Waals surface area contributed by atoms with E-state index in [4.69, 9.17) is 18.9 Å². The highest BCUT2D eigenvalue weighted by Crippen LogP contribution is 2.69. The number of aliphatic hydroxyl groups excluding tert-OH is 2. The molecule has 0 radical (unpaired) electrons. The lowest BCUT2D eigenvalue weighted by atomic mass is 10.0. The Labute approximate surface area is 301 Å². The standard InChI is InChI=1S/C34H28N2O10S4/c37-27(19-7-3-1-4-8-19)29(39)45-23-11-13-43-17-21-15-33-32(42)36-26-22(16-34(36,48-50-49-47-33)31(41)35(33)25(21)23)18-44-14-12-24(26)46-30(40)28(38)20-9-5-2-6-10-20/h1-14,17-18,23-28,37-38H,15-16H2/t23-,24-,25-,26-,27+,28+,33+,34+/m0/s1. The van der Waals surface area contributed by atoms with E-state index in [2.05, 4.69) is 0 Å². The SMILES string of the molecule is O=C(O[C@H]1C=COC=C2C[C@@]34SSSS[C@]5(CC6=COC=C[C@H](OC(=O)[C@H](O)c7ccccc7)[C@H]6N5C3=O)C(=O)N4[C@@H]21)[C@H](O)c1ccccc1. The molecule has 5 fully saturated rings. The summed E-state index contributed by atoms with van der Waals surface area (Å²) in [6.45, 7) is 0. The lowest BCUT2D eigenvalue weighted by molar-refractivity contribution is -0.174. The van der Waals surface area contributed by atoms with E-state index >= 15 is 9.59 Å². The van der Waals surface area contributed by atoms with Crippen LogP contribution in [0, 0.1) is 0 Å². The van der Waals surface area contributed by atoms with Crippen LogP contribution in [0.1, 0.15) is 36.2 Å². The van der Waals surface area contributed by atoms with Gasteiger partial charge in [-0.25, -0.2) is 9.59 Å². The molecule has 0 aliphatic carbocycles. The number of carbonyl (C=O) groups excluding carboxylic acids is 4. The van der Waals surface area contributed by atoms with Gasteiger partial charge in [0.05, 0.1) is 37.1 Å². The molecule has 2 N–H and O–H groups in total. The third-order valence-corrected chi connectivity index (χ3v) is 16.6. The van der Waals surface area contributed by atoms with Gasteiger partial charge in [-0.2, -0.15) is 0 Å². The van der Waals surface area contributed by atoms with Crippen LogP contribution in [0.2, 0.25) is 0 Å². The number of aliphatic hydroxyl groups is 2. The van der Waals surface area contributed by atoms with E-state index in [0.29, 0.717) is 22.3 Å². The largest absolute Gasteiger partial charge is 0.473 e. The van der Waals surface area contributed by atoms with E-state index in [0.717, 1.165) is 0 Å². The van der Waals surface area contributed by atoms with Gasteiger partial charge in [-0.3, -0.25) is 9.59 Å². The summed E-state index contributed by atoms with van der Waals surface area (Å²) >= 11 is 0. The molecule has 0 saturated carbocycles. The fraction of sp³-hybridized carbons (Fsp3) is 0.294. The van der Waals surface area contributed by atoms with Crippen molar-refractivity contribution in [3.8, 4) is 0 Å². The van der Waals surface area contributed by atoms with Crippen LogP contribution in [0.25, 0.3) is 0 Å². The minimum absolute atomic E-state index is 0.0595. The molecule has 16 heteroatoms. The van der Waals surface area contributed by atoms with Crippen LogP contribution in [0.15, 0.2) is 109 Å². The molecular weight excluding hydrogens is 725 g/mol. The van der Waals surface area contributed by atoms with Gasteiger partial charge >= 0.3 is 11.9 Å². The molecule has 2 aromatic rings. The van der Waals surface area contributed by atoms with Crippen LogP contribution in [0.5, 0.6) is 0 Å². The molecule has 2 spiro atoms. The van der Waals surface area contributed by atoms with E-state index in [9.17, 15) is 19.8 Å². The fourth-order valence-electron chi connectivity index (χ4n) is 7.17. The summed E-state index contributed by atoms with van der Waals surface area (Å²) in [4.78, 5) is 56.9. The molecule has 7 aliphatic rings. The monoisotopic (exact) mass is 752 g/mol. The van der Waals surface area contributed by atoms with Gasteiger partial charge in [0.2, 0.25) is 0 Å². The second-order valence-corrected chi connectivity index (χ2v) is 18.4. The van der Waals surface area contributed by atoms with Crippen LogP contribution in [0.4, 0.5) is 0 Å². The average molecular weight is 753 g/mol. The number of rotatable bonds is 6. The van der Waals surface area contributed by atoms with Crippen molar-refractivity contribution in [3.05, 3.63) is 120 Å². The first-order valence-electron chi connectivity index (χ1n) is 15.5. The Kier molecular flexibility index (Phi) is 8.72. The maximum Gasteiger partial charge on any atom is 0.340 e. The molecular formula is C34H28N2O10S4. The zero-order valence-electron chi connectivity index (χ0n) is 25.8. The number of hydrogen-bond acceptors (Lipinski definition) is 14. The first-order valence-corrected chi connectivity index (χ1v) is 20.3. The van der Waals surface area contributed by atoms with Gasteiger partial charge in [0.25, 0.3) is 11.8 Å². The molecule has 50 heavy (non-hydrogen) atoms. The van der Waals surface area contributed by atoms with Gasteiger partial charge in [0.1, 0.15) is 12.2 Å². The smallest absolute Gasteiger partial charge is 0.340 e. The Morgan fingerprint density at radius 1 is 0.700 bits per heavy atom. The van der Waals surface area contributed by atoms with Gasteiger partial charge in [-0.15, -0.1) is 0 Å². The van der Waals surface area contributed by atoms with Crippen LogP contribution >= 0.6 is 41.2 Å². The van der Waals surface area contributed by atoms with Crippen LogP contribution < -0.4 is 0 Å². The third kappa shape index (κ3) is 5.26. The van der Waals surface area contributed by atoms with Crippen molar-refractivity contribution < 1.29 is 48.3 Å². The molecule has 0 aromatic heterocycles. The fourth-order valence-corrected chi connectivity index (χ4v) is 14.9. The van der Waals surface area contributed by atoms with Crippen molar-refractivity contribution in [2.45, 2.75) is 59.1 Å². The maximum absolute atomic E-state index is 15.1. The van der Waals surface area contributed by atoms with E-state index in [1.165, 1.54) is 88.2 Å². The lowest BCUT2D eigenvalue weighted by Gasteiger charge is -2.55. The first kappa shape index (κ1) is 33.3. The predicted molar refractivity (Wildman–Crippen MR) is 186 cm³/mol. The Morgan fingerprint density at radius 3 is 1.50 bits per heavy atom. The average Bonchev–Trinajstić information content (AvgIpc) is 3.48. The number of carbonyl (C=O) groups is 4. The van der Waals surface area contributed by atoms with Gasteiger partial charge in [0, 0.05) is 12.8 Å². The maximum atomic E-state index is 15.1. The van der Waals surface area contributed by atoms with Gasteiger partial charge < -0.3 is 39.0 Å². The summed E-state index contributed by atoms with van der Waals surface area (Å²) in [5.74, 6) is -2.64. The number of hydrogen-bond donors (Lipinski definition) is 2. The van der Waals surface area contributed by atoms with Gasteiger partial charge in [-0.05, 0) is 75.7 Å². The first-order chi connectivity index (χ1) is 24.2. The van der Waals surface area contributed by atoms with Crippen molar-refractivity contribution in [1.29, 1.82) is 0 Å². The molecule has 9 rings (SSSR count). The van der Waals surface area contributed by atoms with Crippen LogP contribution in [-0.4, -0.2) is 77.8 Å². The molecule has 2 bridgehead atoms. The minimum atomic E-state index is -1.58. The van der Waals surface area contributed by atoms with Crippen molar-refractivity contribution in [2.75, 3.05) is 0 Å². The Hall–Kier alpha value is -3.80. The Morgan fingerprint density at radius 2 is 1.10 bits per heavy atom. The van der Waals surface area contributed by atoms with Gasteiger partial charge in [0.15, 0.2) is 21.9 Å². The summed E-state index contributed by atoms with van der Waals surface area (Å²) in [6, 6.07) is 14.9. The molecule has 0 unspecified atom stereocenters. The van der Waals surface area contributed by atoms with Gasteiger partial charge in [-0.1, -0.05) is 60.7 Å². The lowest BCUT2D eigenvalue weighted by Crippen LogP contribution is -2.74. The van der Waals surface area contributed by atoms with E-state index in [-0.39, 0.29) is 12.8 Å². The summed E-state index contributed by atoms with van der Waals surface area (Å²) in [6.07, 6.45) is 3.40. The second kappa shape index (κ2) is 13.1. The van der Waals surface area contributed by atoms with Crippen LogP contribution in [0.3, 0.4) is 0 Å². The van der Waals surface area contributed by atoms with Crippen molar-refractivity contribution >= 4 is 65.0 Å². The van der Waals surface area contributed by atoms with E-state index < -0.39 is 70.0 Å². The Balaban J connectivity index is 1.15. The summed E-state index contributed by atoms with van der Waals surface area (Å²) in [5, 5.41) is 21.6. The Bertz CT molecular complexity index is 1720. The number of benzene rings is 2. The number of amides is 2. The number of ether oxygens (including phenoxy) is 4. The van der Waals surface area contributed by atoms with Crippen molar-refractivity contribution in [3.63, 3.8) is 0 Å². The zero-order chi connectivity index (χ0) is 34.6. The molecule has 2 aromatic carbocycles. The quantitative estimate of drug-likeness (QED) is 0.316. The van der Waals surface area contributed by atoms with E-state index in [1.54, 1.807) is 60.7 Å². The number of piperazine rings is 1. The van der Waals surface area contributed by atoms with Crippen molar-refractivity contribution in [2.24, 2.45) is 0 Å². The summed E-state index contributed by atoms with van der Waals surface area (Å²) in [7, 11) is 5.16. The molecule has 12 nitrogen and oxygen atoms in total. The third-order valence-electron chi connectivity index (χ3n) is 9.40. The highest BCUT2D eigenvalue weighted by Gasteiger charge is 2.75. The normalized spacial score (nSPS) is 31.9. The van der Waals surface area contributed by atoms with Crippen LogP contribution in [-0.2, 0) is 38.1 Å². The van der Waals surface area contributed by atoms with Crippen molar-refractivity contribution in [1.82, 2.24) is 9.80 Å². The molecule has 258 valence electrons. The number of fused-ring (bicyclic) bond motifs is 5. The highest BCUT2D eigenvalue weighted by molar-refractivity contribution is 9.26. The zero-order valence-corrected chi connectivity index (χ0v) is 29.1. The number of esters is 2. The second-order valence-electron chi connectivity index (χ2n) is 12.2. The minimum Gasteiger partial charge on any atom is -0.473 e. The predicted octanol–water partition coefficient (Wildman–Crippen LogP) is 4.43. The molecule has 2 amide bonds.